The number of carboxylic acid groups (broad SMARTS) is 1. The molecule has 80 valence electrons. The fraction of sp³-hybridized carbons (Fsp3) is 0.800. The predicted octanol–water partition coefficient (Wildman–Crippen LogP) is 1.11. The minimum absolute atomic E-state index is 0.0603. The van der Waals surface area contributed by atoms with Crippen LogP contribution < -0.4 is 0 Å². The Hall–Kier alpha value is -1.06. The van der Waals surface area contributed by atoms with E-state index in [0.29, 0.717) is 0 Å². The normalized spacial score (nSPS) is 22.7. The van der Waals surface area contributed by atoms with Crippen LogP contribution in [0.25, 0.3) is 0 Å². The highest BCUT2D eigenvalue weighted by atomic mass is 16.4. The van der Waals surface area contributed by atoms with E-state index in [9.17, 15) is 9.59 Å². The minimum atomic E-state index is -0.771. The molecule has 0 aromatic rings. The summed E-state index contributed by atoms with van der Waals surface area (Å²) in [6.07, 6.45) is 1.94. The lowest BCUT2D eigenvalue weighted by molar-refractivity contribution is -0.144. The molecular weight excluding hydrogens is 182 g/mol. The summed E-state index contributed by atoms with van der Waals surface area (Å²) in [5, 5.41) is 8.70. The van der Waals surface area contributed by atoms with E-state index in [0.717, 1.165) is 19.4 Å². The summed E-state index contributed by atoms with van der Waals surface area (Å²) >= 11 is 0. The largest absolute Gasteiger partial charge is 0.481 e. The molecule has 0 aromatic heterocycles. The SMILES string of the molecule is CCC(CC(=O)O)C1CCN1C(C)=O. The first kappa shape index (κ1) is 11.0. The van der Waals surface area contributed by atoms with Crippen molar-refractivity contribution < 1.29 is 14.7 Å². The van der Waals surface area contributed by atoms with Gasteiger partial charge in [0.05, 0.1) is 6.42 Å². The van der Waals surface area contributed by atoms with Crippen molar-refractivity contribution in [3.63, 3.8) is 0 Å². The highest BCUT2D eigenvalue weighted by Gasteiger charge is 2.36. The fourth-order valence-electron chi connectivity index (χ4n) is 2.07. The summed E-state index contributed by atoms with van der Waals surface area (Å²) in [4.78, 5) is 23.5. The molecule has 1 aliphatic heterocycles. The van der Waals surface area contributed by atoms with Gasteiger partial charge in [-0.25, -0.2) is 0 Å². The Morgan fingerprint density at radius 1 is 1.57 bits per heavy atom. The molecule has 0 aliphatic carbocycles. The molecule has 4 heteroatoms. The van der Waals surface area contributed by atoms with Gasteiger partial charge in [0.2, 0.25) is 5.91 Å². The van der Waals surface area contributed by atoms with Crippen LogP contribution in [0.4, 0.5) is 0 Å². The number of carboxylic acids is 1. The molecule has 2 atom stereocenters. The van der Waals surface area contributed by atoms with E-state index in [-0.39, 0.29) is 24.3 Å². The molecule has 1 aliphatic rings. The average Bonchev–Trinajstić information content (AvgIpc) is 1.98. The molecule has 2 unspecified atom stereocenters. The smallest absolute Gasteiger partial charge is 0.303 e. The van der Waals surface area contributed by atoms with Crippen molar-refractivity contribution in [1.29, 1.82) is 0 Å². The number of likely N-dealkylation sites (tertiary alicyclic amines) is 1. The molecule has 0 spiro atoms. The second-order valence-electron chi connectivity index (χ2n) is 3.83. The van der Waals surface area contributed by atoms with Crippen LogP contribution >= 0.6 is 0 Å². The first-order valence-electron chi connectivity index (χ1n) is 5.05. The third-order valence-electron chi connectivity index (χ3n) is 2.98. The number of hydrogen-bond donors (Lipinski definition) is 1. The summed E-state index contributed by atoms with van der Waals surface area (Å²) in [6, 6.07) is 0.161. The first-order valence-corrected chi connectivity index (χ1v) is 5.05. The van der Waals surface area contributed by atoms with Crippen LogP contribution in [0.5, 0.6) is 0 Å². The standard InChI is InChI=1S/C10H17NO3/c1-3-8(6-10(13)14)9-4-5-11(9)7(2)12/h8-9H,3-6H2,1-2H3,(H,13,14). The quantitative estimate of drug-likeness (QED) is 0.737. The van der Waals surface area contributed by atoms with Gasteiger partial charge in [-0.1, -0.05) is 13.3 Å². The number of carbonyl (C=O) groups is 2. The fourth-order valence-corrected chi connectivity index (χ4v) is 2.07. The highest BCUT2D eigenvalue weighted by molar-refractivity contribution is 5.74. The minimum Gasteiger partial charge on any atom is -0.481 e. The van der Waals surface area contributed by atoms with E-state index in [4.69, 9.17) is 5.11 Å². The van der Waals surface area contributed by atoms with Gasteiger partial charge in [-0.2, -0.15) is 0 Å². The lowest BCUT2D eigenvalue weighted by Crippen LogP contribution is -2.54. The zero-order valence-electron chi connectivity index (χ0n) is 8.69. The molecule has 1 fully saturated rings. The van der Waals surface area contributed by atoms with Gasteiger partial charge in [-0.15, -0.1) is 0 Å². The Labute approximate surface area is 83.9 Å². The molecule has 14 heavy (non-hydrogen) atoms. The van der Waals surface area contributed by atoms with E-state index >= 15 is 0 Å². The van der Waals surface area contributed by atoms with E-state index in [1.165, 1.54) is 0 Å². The van der Waals surface area contributed by atoms with Crippen LogP contribution in [-0.4, -0.2) is 34.5 Å². The van der Waals surface area contributed by atoms with E-state index in [1.54, 1.807) is 11.8 Å². The van der Waals surface area contributed by atoms with Crippen molar-refractivity contribution in [3.8, 4) is 0 Å². The number of amides is 1. The van der Waals surface area contributed by atoms with Crippen LogP contribution in [0.15, 0.2) is 0 Å². The number of rotatable bonds is 4. The van der Waals surface area contributed by atoms with Gasteiger partial charge < -0.3 is 10.0 Å². The lowest BCUT2D eigenvalue weighted by Gasteiger charge is -2.44. The second-order valence-corrected chi connectivity index (χ2v) is 3.83. The zero-order chi connectivity index (χ0) is 10.7. The summed E-state index contributed by atoms with van der Waals surface area (Å²) in [7, 11) is 0. The Morgan fingerprint density at radius 3 is 2.50 bits per heavy atom. The molecule has 0 saturated carbocycles. The van der Waals surface area contributed by atoms with Crippen molar-refractivity contribution >= 4 is 11.9 Å². The van der Waals surface area contributed by atoms with Gasteiger partial charge in [0.15, 0.2) is 0 Å². The third-order valence-corrected chi connectivity index (χ3v) is 2.98. The third kappa shape index (κ3) is 2.25. The van der Waals surface area contributed by atoms with Crippen LogP contribution in [-0.2, 0) is 9.59 Å². The lowest BCUT2D eigenvalue weighted by atomic mass is 9.85. The van der Waals surface area contributed by atoms with Crippen LogP contribution in [0, 0.1) is 5.92 Å². The molecule has 0 aromatic carbocycles. The Morgan fingerprint density at radius 2 is 2.21 bits per heavy atom. The molecule has 1 rings (SSSR count). The van der Waals surface area contributed by atoms with Crippen LogP contribution in [0.2, 0.25) is 0 Å². The monoisotopic (exact) mass is 199 g/mol. The maximum absolute atomic E-state index is 11.1. The maximum atomic E-state index is 11.1. The van der Waals surface area contributed by atoms with Gasteiger partial charge in [-0.3, -0.25) is 9.59 Å². The Balaban J connectivity index is 2.53. The van der Waals surface area contributed by atoms with Gasteiger partial charge >= 0.3 is 5.97 Å². The van der Waals surface area contributed by atoms with Crippen molar-refractivity contribution in [3.05, 3.63) is 0 Å². The highest BCUT2D eigenvalue weighted by Crippen LogP contribution is 2.29. The van der Waals surface area contributed by atoms with E-state index in [1.807, 2.05) is 6.92 Å². The molecule has 1 amide bonds. The van der Waals surface area contributed by atoms with E-state index in [2.05, 4.69) is 0 Å². The Bertz CT molecular complexity index is 238. The summed E-state index contributed by atoms with van der Waals surface area (Å²) in [6.45, 7) is 4.31. The molecule has 4 nitrogen and oxygen atoms in total. The van der Waals surface area contributed by atoms with Crippen LogP contribution in [0.1, 0.15) is 33.1 Å². The predicted molar refractivity (Wildman–Crippen MR) is 51.8 cm³/mol. The van der Waals surface area contributed by atoms with Gasteiger partial charge in [0, 0.05) is 19.5 Å². The zero-order valence-corrected chi connectivity index (χ0v) is 8.69. The first-order chi connectivity index (χ1) is 6.56. The molecule has 1 N–H and O–H groups in total. The second kappa shape index (κ2) is 4.44. The summed E-state index contributed by atoms with van der Waals surface area (Å²) in [5.74, 6) is -0.595. The van der Waals surface area contributed by atoms with Crippen molar-refractivity contribution in [2.45, 2.75) is 39.2 Å². The number of aliphatic carboxylic acids is 1. The number of carbonyl (C=O) groups excluding carboxylic acids is 1. The van der Waals surface area contributed by atoms with Gasteiger partial charge in [-0.05, 0) is 12.3 Å². The summed E-state index contributed by atoms with van der Waals surface area (Å²) < 4.78 is 0. The molecule has 1 heterocycles. The van der Waals surface area contributed by atoms with Crippen molar-refractivity contribution in [1.82, 2.24) is 4.90 Å². The van der Waals surface area contributed by atoms with Gasteiger partial charge in [0.1, 0.15) is 0 Å². The Kier molecular flexibility index (Phi) is 3.49. The number of hydrogen-bond acceptors (Lipinski definition) is 2. The number of nitrogens with zero attached hydrogens (tertiary/aromatic N) is 1. The molecular formula is C10H17NO3. The maximum Gasteiger partial charge on any atom is 0.303 e. The van der Waals surface area contributed by atoms with E-state index < -0.39 is 5.97 Å². The van der Waals surface area contributed by atoms with Crippen molar-refractivity contribution in [2.75, 3.05) is 6.54 Å². The molecule has 1 saturated heterocycles. The van der Waals surface area contributed by atoms with Crippen LogP contribution in [0.3, 0.4) is 0 Å². The van der Waals surface area contributed by atoms with Crippen molar-refractivity contribution in [2.24, 2.45) is 5.92 Å². The molecule has 0 bridgehead atoms. The molecule has 0 radical (unpaired) electrons. The summed E-state index contributed by atoms with van der Waals surface area (Å²) in [5.41, 5.74) is 0. The topological polar surface area (TPSA) is 57.6 Å². The van der Waals surface area contributed by atoms with Gasteiger partial charge in [0.25, 0.3) is 0 Å². The average molecular weight is 199 g/mol.